The van der Waals surface area contributed by atoms with Crippen LogP contribution in [0.25, 0.3) is 11.0 Å². The summed E-state index contributed by atoms with van der Waals surface area (Å²) in [6.45, 7) is 3.19. The molecule has 0 bridgehead atoms. The van der Waals surface area contributed by atoms with Crippen molar-refractivity contribution in [3.8, 4) is 0 Å². The molecule has 0 saturated carbocycles. The molecule has 0 spiro atoms. The smallest absolute Gasteiger partial charge is 0.335 e. The molecule has 1 aromatic carbocycles. The first-order valence-electron chi connectivity index (χ1n) is 6.97. The molecule has 3 aromatic rings. The Morgan fingerprint density at radius 3 is 2.74 bits per heavy atom. The Labute approximate surface area is 142 Å². The maximum absolute atomic E-state index is 11.2. The summed E-state index contributed by atoms with van der Waals surface area (Å²) in [6.07, 6.45) is 3.63. The third-order valence-electron chi connectivity index (χ3n) is 3.74. The number of carboxylic acids is 1. The number of nitrogens with zero attached hydrogens (tertiary/aromatic N) is 4. The number of hydrogen-bond donors (Lipinski definition) is 1. The Bertz CT molecular complexity index is 885. The Kier molecular flexibility index (Phi) is 4.28. The number of benzene rings is 1. The van der Waals surface area contributed by atoms with Gasteiger partial charge in [0, 0.05) is 25.5 Å². The largest absolute Gasteiger partial charge is 0.478 e. The van der Waals surface area contributed by atoms with Gasteiger partial charge in [0.15, 0.2) is 0 Å². The second-order valence-electron chi connectivity index (χ2n) is 5.11. The fourth-order valence-electron chi connectivity index (χ4n) is 2.55. The molecule has 0 unspecified atom stereocenters. The molecule has 0 radical (unpaired) electrons. The highest BCUT2D eigenvalue weighted by molar-refractivity contribution is 6.35. The van der Waals surface area contributed by atoms with Crippen LogP contribution in [0.2, 0.25) is 5.02 Å². The molecule has 6 nitrogen and oxygen atoms in total. The van der Waals surface area contributed by atoms with Gasteiger partial charge in [0.1, 0.15) is 17.2 Å². The topological polar surface area (TPSA) is 72.9 Å². The van der Waals surface area contributed by atoms with E-state index in [0.717, 1.165) is 5.82 Å². The SMILES string of the molecule is Cc1nccn1CCn1c(CCl)nc2c(Cl)cc(C(=O)O)cc21. The van der Waals surface area contributed by atoms with E-state index in [9.17, 15) is 9.90 Å². The fourth-order valence-corrected chi connectivity index (χ4v) is 3.01. The minimum absolute atomic E-state index is 0.128. The lowest BCUT2D eigenvalue weighted by atomic mass is 10.2. The first-order chi connectivity index (χ1) is 11.0. The lowest BCUT2D eigenvalue weighted by Crippen LogP contribution is -2.10. The predicted octanol–water partition coefficient (Wildman–Crippen LogP) is 3.33. The number of aromatic carboxylic acids is 1. The molecule has 1 N–H and O–H groups in total. The molecule has 0 saturated heterocycles. The van der Waals surface area contributed by atoms with E-state index in [1.807, 2.05) is 22.3 Å². The van der Waals surface area contributed by atoms with E-state index in [1.54, 1.807) is 12.3 Å². The average molecular weight is 353 g/mol. The van der Waals surface area contributed by atoms with Crippen molar-refractivity contribution in [2.24, 2.45) is 0 Å². The van der Waals surface area contributed by atoms with Crippen molar-refractivity contribution < 1.29 is 9.90 Å². The molecule has 2 heterocycles. The van der Waals surface area contributed by atoms with Crippen LogP contribution in [0.1, 0.15) is 22.0 Å². The molecule has 0 atom stereocenters. The summed E-state index contributed by atoms with van der Waals surface area (Å²) in [7, 11) is 0. The van der Waals surface area contributed by atoms with Crippen LogP contribution >= 0.6 is 23.2 Å². The monoisotopic (exact) mass is 352 g/mol. The molecule has 0 aliphatic heterocycles. The molecule has 3 rings (SSSR count). The standard InChI is InChI=1S/C15H14Cl2N4O2/c1-9-18-2-3-20(9)4-5-21-12-7-10(15(22)23)6-11(17)14(12)19-13(21)8-16/h2-3,6-7H,4-5,8H2,1H3,(H,22,23). The molecule has 0 amide bonds. The molecule has 120 valence electrons. The predicted molar refractivity (Wildman–Crippen MR) is 88.2 cm³/mol. The van der Waals surface area contributed by atoms with Gasteiger partial charge in [-0.25, -0.2) is 14.8 Å². The van der Waals surface area contributed by atoms with Crippen molar-refractivity contribution in [1.82, 2.24) is 19.1 Å². The minimum Gasteiger partial charge on any atom is -0.478 e. The number of imidazole rings is 2. The first-order valence-corrected chi connectivity index (χ1v) is 7.88. The van der Waals surface area contributed by atoms with Crippen molar-refractivity contribution in [2.45, 2.75) is 25.9 Å². The molecule has 8 heteroatoms. The van der Waals surface area contributed by atoms with Gasteiger partial charge in [-0.15, -0.1) is 11.6 Å². The normalized spacial score (nSPS) is 11.3. The Morgan fingerprint density at radius 2 is 2.13 bits per heavy atom. The zero-order chi connectivity index (χ0) is 16.6. The van der Waals surface area contributed by atoms with Crippen molar-refractivity contribution in [3.63, 3.8) is 0 Å². The molecule has 0 aliphatic carbocycles. The summed E-state index contributed by atoms with van der Waals surface area (Å²) in [5.41, 5.74) is 1.36. The number of carbonyl (C=O) groups is 1. The number of halogens is 2. The summed E-state index contributed by atoms with van der Waals surface area (Å²) in [5, 5.41) is 9.52. The van der Waals surface area contributed by atoms with Crippen LogP contribution in [0, 0.1) is 6.92 Å². The maximum atomic E-state index is 11.2. The van der Waals surface area contributed by atoms with E-state index >= 15 is 0 Å². The van der Waals surface area contributed by atoms with Crippen molar-refractivity contribution in [3.05, 3.63) is 46.8 Å². The number of aromatic nitrogens is 4. The van der Waals surface area contributed by atoms with Crippen LogP contribution in [-0.4, -0.2) is 30.2 Å². The molecule has 2 aromatic heterocycles. The second-order valence-corrected chi connectivity index (χ2v) is 5.79. The average Bonchev–Trinajstić information content (AvgIpc) is 3.08. The summed E-state index contributed by atoms with van der Waals surface area (Å²) < 4.78 is 3.91. The van der Waals surface area contributed by atoms with Gasteiger partial charge in [-0.05, 0) is 19.1 Å². The van der Waals surface area contributed by atoms with Crippen molar-refractivity contribution in [1.29, 1.82) is 0 Å². The molecule has 0 fully saturated rings. The minimum atomic E-state index is -1.03. The first kappa shape index (κ1) is 15.8. The quantitative estimate of drug-likeness (QED) is 0.714. The second kappa shape index (κ2) is 6.22. The highest BCUT2D eigenvalue weighted by atomic mass is 35.5. The number of hydrogen-bond acceptors (Lipinski definition) is 3. The number of carboxylic acid groups (broad SMARTS) is 1. The summed E-state index contributed by atoms with van der Waals surface area (Å²) >= 11 is 12.2. The molecule has 23 heavy (non-hydrogen) atoms. The van der Waals surface area contributed by atoms with Gasteiger partial charge in [0.05, 0.1) is 22.0 Å². The highest BCUT2D eigenvalue weighted by Gasteiger charge is 2.16. The zero-order valence-corrected chi connectivity index (χ0v) is 13.8. The van der Waals surface area contributed by atoms with E-state index < -0.39 is 5.97 Å². The Hall–Kier alpha value is -2.05. The van der Waals surface area contributed by atoms with Crippen molar-refractivity contribution >= 4 is 40.2 Å². The Morgan fingerprint density at radius 1 is 1.35 bits per heavy atom. The van der Waals surface area contributed by atoms with Crippen molar-refractivity contribution in [2.75, 3.05) is 0 Å². The number of fused-ring (bicyclic) bond motifs is 1. The van der Waals surface area contributed by atoms with Gasteiger partial charge >= 0.3 is 5.97 Å². The van der Waals surface area contributed by atoms with Crippen LogP contribution in [0.3, 0.4) is 0 Å². The highest BCUT2D eigenvalue weighted by Crippen LogP contribution is 2.27. The summed E-state index contributed by atoms with van der Waals surface area (Å²) in [5.74, 6) is 0.755. The number of aryl methyl sites for hydroxylation is 3. The molecular weight excluding hydrogens is 339 g/mol. The van der Waals surface area contributed by atoms with Crippen LogP contribution < -0.4 is 0 Å². The zero-order valence-electron chi connectivity index (χ0n) is 12.3. The molecule has 0 aliphatic rings. The van der Waals surface area contributed by atoms with Gasteiger partial charge in [-0.2, -0.15) is 0 Å². The van der Waals surface area contributed by atoms with E-state index in [2.05, 4.69) is 9.97 Å². The van der Waals surface area contributed by atoms with Crippen LogP contribution in [-0.2, 0) is 19.0 Å². The van der Waals surface area contributed by atoms with E-state index in [4.69, 9.17) is 23.2 Å². The van der Waals surface area contributed by atoms with E-state index in [0.29, 0.717) is 35.0 Å². The summed E-state index contributed by atoms with van der Waals surface area (Å²) in [4.78, 5) is 19.9. The van der Waals surface area contributed by atoms with Crippen LogP contribution in [0.5, 0.6) is 0 Å². The fraction of sp³-hybridized carbons (Fsp3) is 0.267. The van der Waals surface area contributed by atoms with Gasteiger partial charge in [0.25, 0.3) is 0 Å². The number of alkyl halides is 1. The summed E-state index contributed by atoms with van der Waals surface area (Å²) in [6, 6.07) is 2.98. The van der Waals surface area contributed by atoms with E-state index in [-0.39, 0.29) is 11.4 Å². The van der Waals surface area contributed by atoms with E-state index in [1.165, 1.54) is 6.07 Å². The van der Waals surface area contributed by atoms with Crippen LogP contribution in [0.4, 0.5) is 0 Å². The van der Waals surface area contributed by atoms with Gasteiger partial charge in [-0.1, -0.05) is 11.6 Å². The van der Waals surface area contributed by atoms with Crippen LogP contribution in [0.15, 0.2) is 24.5 Å². The third kappa shape index (κ3) is 2.92. The lowest BCUT2D eigenvalue weighted by Gasteiger charge is -2.10. The lowest BCUT2D eigenvalue weighted by molar-refractivity contribution is 0.0697. The van der Waals surface area contributed by atoms with Gasteiger partial charge < -0.3 is 14.2 Å². The Balaban J connectivity index is 2.06. The maximum Gasteiger partial charge on any atom is 0.335 e. The third-order valence-corrected chi connectivity index (χ3v) is 4.27. The van der Waals surface area contributed by atoms with Gasteiger partial charge in [0.2, 0.25) is 0 Å². The molecular formula is C15H14Cl2N4O2. The van der Waals surface area contributed by atoms with Gasteiger partial charge in [-0.3, -0.25) is 0 Å². The number of rotatable bonds is 5.